The molecule has 0 radical (unpaired) electrons. The zero-order valence-corrected chi connectivity index (χ0v) is 6.73. The summed E-state index contributed by atoms with van der Waals surface area (Å²) in [5, 5.41) is 17.6. The van der Waals surface area contributed by atoms with Gasteiger partial charge in [-0.15, -0.1) is 0 Å². The second-order valence-electron chi connectivity index (χ2n) is 3.84. The van der Waals surface area contributed by atoms with Gasteiger partial charge in [-0.05, 0) is 31.1 Å². The van der Waals surface area contributed by atoms with Crippen molar-refractivity contribution in [3.05, 3.63) is 0 Å². The third kappa shape index (κ3) is 0.842. The van der Waals surface area contributed by atoms with Crippen LogP contribution < -0.4 is 0 Å². The van der Waals surface area contributed by atoms with E-state index in [0.717, 1.165) is 19.3 Å². The minimum absolute atomic E-state index is 0.0334. The molecular weight excluding hydrogens is 154 g/mol. The Labute approximate surface area is 71.0 Å². The molecule has 0 spiro atoms. The predicted molar refractivity (Wildman–Crippen MR) is 41.1 cm³/mol. The Morgan fingerprint density at radius 3 is 2.67 bits per heavy atom. The SMILES string of the molecule is N#C[C@@H]1[C@H]2CC[C@H]1[C@@H](C(=O)O)C2. The molecule has 1 N–H and O–H groups in total. The molecule has 64 valence electrons. The van der Waals surface area contributed by atoms with Crippen LogP contribution in [0.3, 0.4) is 0 Å². The summed E-state index contributed by atoms with van der Waals surface area (Å²) in [6, 6.07) is 2.25. The summed E-state index contributed by atoms with van der Waals surface area (Å²) in [5.74, 6) is -0.374. The van der Waals surface area contributed by atoms with Crippen LogP contribution in [0.4, 0.5) is 0 Å². The van der Waals surface area contributed by atoms with Gasteiger partial charge in [0.05, 0.1) is 17.9 Å². The van der Waals surface area contributed by atoms with Crippen LogP contribution in [0.15, 0.2) is 0 Å². The Hall–Kier alpha value is -1.04. The predicted octanol–water partition coefficient (Wildman–Crippen LogP) is 1.26. The monoisotopic (exact) mass is 165 g/mol. The molecule has 2 fully saturated rings. The Morgan fingerprint density at radius 1 is 1.50 bits per heavy atom. The van der Waals surface area contributed by atoms with Gasteiger partial charge in [-0.2, -0.15) is 5.26 Å². The van der Waals surface area contributed by atoms with Crippen molar-refractivity contribution in [2.24, 2.45) is 23.7 Å². The summed E-state index contributed by atoms with van der Waals surface area (Å²) in [6.45, 7) is 0. The molecular formula is C9H11NO2. The van der Waals surface area contributed by atoms with E-state index in [1.165, 1.54) is 0 Å². The molecule has 0 amide bonds. The molecule has 0 aromatic carbocycles. The van der Waals surface area contributed by atoms with E-state index in [1.54, 1.807) is 0 Å². The number of aliphatic carboxylic acids is 1. The van der Waals surface area contributed by atoms with E-state index in [0.29, 0.717) is 5.92 Å². The van der Waals surface area contributed by atoms with Crippen LogP contribution in [0.2, 0.25) is 0 Å². The van der Waals surface area contributed by atoms with Gasteiger partial charge < -0.3 is 5.11 Å². The average molecular weight is 165 g/mol. The van der Waals surface area contributed by atoms with Crippen LogP contribution in [0.5, 0.6) is 0 Å². The number of fused-ring (bicyclic) bond motifs is 2. The third-order valence-corrected chi connectivity index (χ3v) is 3.38. The molecule has 2 aliphatic rings. The summed E-state index contributed by atoms with van der Waals surface area (Å²) in [7, 11) is 0. The summed E-state index contributed by atoms with van der Waals surface area (Å²) >= 11 is 0. The highest BCUT2D eigenvalue weighted by Crippen LogP contribution is 2.52. The van der Waals surface area contributed by atoms with Crippen LogP contribution in [-0.4, -0.2) is 11.1 Å². The van der Waals surface area contributed by atoms with Gasteiger partial charge in [0.1, 0.15) is 0 Å². The lowest BCUT2D eigenvalue weighted by atomic mass is 9.88. The van der Waals surface area contributed by atoms with E-state index in [4.69, 9.17) is 10.4 Å². The Balaban J connectivity index is 2.19. The number of carbonyl (C=O) groups is 1. The molecule has 12 heavy (non-hydrogen) atoms. The van der Waals surface area contributed by atoms with Gasteiger partial charge in [-0.25, -0.2) is 0 Å². The van der Waals surface area contributed by atoms with Gasteiger partial charge in [0.2, 0.25) is 0 Å². The number of carboxylic acid groups (broad SMARTS) is 1. The van der Waals surface area contributed by atoms with E-state index >= 15 is 0 Å². The number of nitrogens with zero attached hydrogens (tertiary/aromatic N) is 1. The minimum atomic E-state index is -0.706. The lowest BCUT2D eigenvalue weighted by Gasteiger charge is -2.16. The standard InChI is InChI=1S/C9H11NO2/c10-4-8-5-1-2-6(8)7(3-5)9(11)12/h5-8H,1-3H2,(H,11,12)/t5-,6-,7-,8+/m0/s1. The average Bonchev–Trinajstić information content (AvgIpc) is 2.59. The fourth-order valence-corrected chi connectivity index (χ4v) is 2.82. The molecule has 2 saturated carbocycles. The highest BCUT2D eigenvalue weighted by Gasteiger charge is 2.50. The van der Waals surface area contributed by atoms with Crippen LogP contribution in [-0.2, 0) is 4.79 Å². The fourth-order valence-electron chi connectivity index (χ4n) is 2.82. The number of nitriles is 1. The summed E-state index contributed by atoms with van der Waals surface area (Å²) in [4.78, 5) is 10.7. The van der Waals surface area contributed by atoms with Gasteiger partial charge in [-0.1, -0.05) is 0 Å². The molecule has 4 atom stereocenters. The van der Waals surface area contributed by atoms with Crippen LogP contribution in [0, 0.1) is 35.0 Å². The Morgan fingerprint density at radius 2 is 2.25 bits per heavy atom. The summed E-state index contributed by atoms with van der Waals surface area (Å²) in [5.41, 5.74) is 0. The molecule has 0 unspecified atom stereocenters. The Kier molecular flexibility index (Phi) is 1.57. The first-order valence-corrected chi connectivity index (χ1v) is 4.36. The zero-order valence-electron chi connectivity index (χ0n) is 6.73. The van der Waals surface area contributed by atoms with Crippen LogP contribution in [0.25, 0.3) is 0 Å². The quantitative estimate of drug-likeness (QED) is 0.636. The molecule has 0 aromatic rings. The highest BCUT2D eigenvalue weighted by atomic mass is 16.4. The summed E-state index contributed by atoms with van der Waals surface area (Å²) < 4.78 is 0. The van der Waals surface area contributed by atoms with Crippen molar-refractivity contribution in [1.82, 2.24) is 0 Å². The first-order valence-electron chi connectivity index (χ1n) is 4.36. The first-order chi connectivity index (χ1) is 5.74. The molecule has 0 saturated heterocycles. The van der Waals surface area contributed by atoms with Crippen molar-refractivity contribution in [2.45, 2.75) is 19.3 Å². The van der Waals surface area contributed by atoms with E-state index in [1.807, 2.05) is 0 Å². The molecule has 0 heterocycles. The maximum absolute atomic E-state index is 10.7. The molecule has 0 aliphatic heterocycles. The topological polar surface area (TPSA) is 61.1 Å². The van der Waals surface area contributed by atoms with Crippen molar-refractivity contribution in [3.63, 3.8) is 0 Å². The number of hydrogen-bond donors (Lipinski definition) is 1. The maximum Gasteiger partial charge on any atom is 0.306 e. The van der Waals surface area contributed by atoms with Crippen molar-refractivity contribution in [3.8, 4) is 6.07 Å². The Bertz CT molecular complexity index is 256. The molecule has 2 aliphatic carbocycles. The molecule has 3 nitrogen and oxygen atoms in total. The lowest BCUT2D eigenvalue weighted by molar-refractivity contribution is -0.143. The smallest absolute Gasteiger partial charge is 0.306 e. The number of hydrogen-bond acceptors (Lipinski definition) is 2. The lowest BCUT2D eigenvalue weighted by Crippen LogP contribution is -2.21. The largest absolute Gasteiger partial charge is 0.481 e. The van der Waals surface area contributed by atoms with E-state index in [2.05, 4.69) is 6.07 Å². The van der Waals surface area contributed by atoms with E-state index in [9.17, 15) is 4.79 Å². The van der Waals surface area contributed by atoms with Gasteiger partial charge >= 0.3 is 5.97 Å². The van der Waals surface area contributed by atoms with Gasteiger partial charge in [0.15, 0.2) is 0 Å². The van der Waals surface area contributed by atoms with Gasteiger partial charge in [0, 0.05) is 0 Å². The van der Waals surface area contributed by atoms with Gasteiger partial charge in [0.25, 0.3) is 0 Å². The van der Waals surface area contributed by atoms with Gasteiger partial charge in [-0.3, -0.25) is 4.79 Å². The van der Waals surface area contributed by atoms with Crippen LogP contribution in [0.1, 0.15) is 19.3 Å². The van der Waals surface area contributed by atoms with Crippen molar-refractivity contribution < 1.29 is 9.90 Å². The third-order valence-electron chi connectivity index (χ3n) is 3.38. The normalized spacial score (nSPS) is 44.2. The number of carboxylic acids is 1. The second-order valence-corrected chi connectivity index (χ2v) is 3.84. The summed E-state index contributed by atoms with van der Waals surface area (Å²) in [6.07, 6.45) is 2.74. The molecule has 2 rings (SSSR count). The molecule has 0 aromatic heterocycles. The fraction of sp³-hybridized carbons (Fsp3) is 0.778. The van der Waals surface area contributed by atoms with Crippen molar-refractivity contribution in [1.29, 1.82) is 5.26 Å². The van der Waals surface area contributed by atoms with Crippen LogP contribution >= 0.6 is 0 Å². The van der Waals surface area contributed by atoms with E-state index in [-0.39, 0.29) is 17.8 Å². The second kappa shape index (κ2) is 2.48. The molecule has 2 bridgehead atoms. The molecule has 3 heteroatoms. The first kappa shape index (κ1) is 7.60. The minimum Gasteiger partial charge on any atom is -0.481 e. The highest BCUT2D eigenvalue weighted by molar-refractivity contribution is 5.71. The number of rotatable bonds is 1. The maximum atomic E-state index is 10.7. The van der Waals surface area contributed by atoms with Crippen molar-refractivity contribution >= 4 is 5.97 Å². The zero-order chi connectivity index (χ0) is 8.72. The van der Waals surface area contributed by atoms with Crippen molar-refractivity contribution in [2.75, 3.05) is 0 Å². The van der Waals surface area contributed by atoms with E-state index < -0.39 is 5.97 Å².